The van der Waals surface area contributed by atoms with E-state index in [-0.39, 0.29) is 11.7 Å². The number of aromatic nitrogens is 1. The number of rotatable bonds is 5. The summed E-state index contributed by atoms with van der Waals surface area (Å²) in [7, 11) is -3.77. The number of piperazine rings is 1. The number of amides is 1. The number of benzene rings is 1. The lowest BCUT2D eigenvalue weighted by Gasteiger charge is -2.33. The molecule has 1 amide bonds. The minimum atomic E-state index is -3.77. The molecule has 10 heteroatoms. The third-order valence-corrected chi connectivity index (χ3v) is 5.82. The number of pyridine rings is 1. The summed E-state index contributed by atoms with van der Waals surface area (Å²) in [5.74, 6) is 1.67. The lowest BCUT2D eigenvalue weighted by Crippen LogP contribution is -2.46. The molecule has 1 saturated heterocycles. The lowest BCUT2D eigenvalue weighted by molar-refractivity contribution is -0.118. The van der Waals surface area contributed by atoms with E-state index in [4.69, 9.17) is 9.47 Å². The number of anilines is 2. The second kappa shape index (κ2) is 6.95. The monoisotopic (exact) mass is 390 g/mol. The highest BCUT2D eigenvalue weighted by molar-refractivity contribution is 7.92. The van der Waals surface area contributed by atoms with Gasteiger partial charge in [0, 0.05) is 32.2 Å². The molecule has 9 nitrogen and oxygen atoms in total. The summed E-state index contributed by atoms with van der Waals surface area (Å²) in [5.41, 5.74) is 0.364. The number of hydrogen-bond donors (Lipinski definition) is 1. The largest absolute Gasteiger partial charge is 0.454 e. The van der Waals surface area contributed by atoms with Crippen LogP contribution in [0.25, 0.3) is 0 Å². The van der Waals surface area contributed by atoms with Gasteiger partial charge in [0.1, 0.15) is 5.82 Å². The molecular formula is C17H18N4O5S. The summed E-state index contributed by atoms with van der Waals surface area (Å²) in [6, 6.07) is 7.88. The van der Waals surface area contributed by atoms with Crippen LogP contribution < -0.4 is 19.1 Å². The van der Waals surface area contributed by atoms with Gasteiger partial charge < -0.3 is 19.3 Å². The Morgan fingerprint density at radius 3 is 2.52 bits per heavy atom. The predicted octanol–water partition coefficient (Wildman–Crippen LogP) is 0.889. The van der Waals surface area contributed by atoms with E-state index in [0.29, 0.717) is 43.4 Å². The number of nitrogens with zero attached hydrogens (tertiary/aromatic N) is 3. The van der Waals surface area contributed by atoms with Crippen LogP contribution in [0.15, 0.2) is 41.4 Å². The van der Waals surface area contributed by atoms with Crippen LogP contribution in [0.1, 0.15) is 0 Å². The van der Waals surface area contributed by atoms with Gasteiger partial charge in [-0.05, 0) is 24.3 Å². The van der Waals surface area contributed by atoms with E-state index in [1.807, 2.05) is 0 Å². The van der Waals surface area contributed by atoms with Crippen molar-refractivity contribution in [2.45, 2.75) is 4.90 Å². The molecule has 0 saturated carbocycles. The predicted molar refractivity (Wildman–Crippen MR) is 97.5 cm³/mol. The molecule has 142 valence electrons. The molecule has 0 radical (unpaired) electrons. The van der Waals surface area contributed by atoms with E-state index in [0.717, 1.165) is 12.2 Å². The molecule has 2 aliphatic rings. The van der Waals surface area contributed by atoms with Crippen molar-refractivity contribution in [3.05, 3.63) is 36.5 Å². The Kier molecular flexibility index (Phi) is 4.48. The molecule has 1 N–H and O–H groups in total. The Bertz CT molecular complexity index is 940. The first-order chi connectivity index (χ1) is 13.0. The van der Waals surface area contributed by atoms with E-state index in [9.17, 15) is 13.2 Å². The van der Waals surface area contributed by atoms with Gasteiger partial charge in [0.05, 0.1) is 16.8 Å². The Labute approximate surface area is 156 Å². The molecule has 1 fully saturated rings. The molecule has 0 aliphatic carbocycles. The van der Waals surface area contributed by atoms with Crippen molar-refractivity contribution in [2.75, 3.05) is 42.6 Å². The second-order valence-electron chi connectivity index (χ2n) is 6.15. The Hall–Kier alpha value is -3.01. The Morgan fingerprint density at radius 1 is 1.04 bits per heavy atom. The van der Waals surface area contributed by atoms with Gasteiger partial charge in [-0.25, -0.2) is 13.4 Å². The molecule has 0 atom stereocenters. The summed E-state index contributed by atoms with van der Waals surface area (Å²) in [5, 5.41) is 0. The molecule has 3 heterocycles. The van der Waals surface area contributed by atoms with Crippen molar-refractivity contribution in [3.8, 4) is 11.5 Å². The van der Waals surface area contributed by atoms with E-state index >= 15 is 0 Å². The van der Waals surface area contributed by atoms with Crippen molar-refractivity contribution in [2.24, 2.45) is 0 Å². The second-order valence-corrected chi connectivity index (χ2v) is 7.84. The zero-order chi connectivity index (χ0) is 18.9. The summed E-state index contributed by atoms with van der Waals surface area (Å²) in [6.45, 7) is 2.74. The van der Waals surface area contributed by atoms with Gasteiger partial charge in [-0.3, -0.25) is 9.52 Å². The molecule has 1 aromatic carbocycles. The standard InChI is InChI=1S/C17H18N4O5S/c22-11-20-5-7-21(8-6-20)17-4-1-13(10-18-17)19-27(23,24)14-2-3-15-16(9-14)26-12-25-15/h1-4,9-11,19H,5-8,12H2. The average Bonchev–Trinajstić information content (AvgIpc) is 3.16. The third kappa shape index (κ3) is 3.61. The number of hydrogen-bond acceptors (Lipinski definition) is 7. The molecule has 2 aliphatic heterocycles. The van der Waals surface area contributed by atoms with Crippen LogP contribution in [0.4, 0.5) is 11.5 Å². The normalized spacial score (nSPS) is 16.3. The van der Waals surface area contributed by atoms with Crippen LogP contribution in [0.2, 0.25) is 0 Å². The van der Waals surface area contributed by atoms with Crippen molar-refractivity contribution in [3.63, 3.8) is 0 Å². The quantitative estimate of drug-likeness (QED) is 0.757. The van der Waals surface area contributed by atoms with Gasteiger partial charge in [0.25, 0.3) is 10.0 Å². The minimum Gasteiger partial charge on any atom is -0.454 e. The van der Waals surface area contributed by atoms with Crippen molar-refractivity contribution in [1.29, 1.82) is 0 Å². The van der Waals surface area contributed by atoms with Gasteiger partial charge >= 0.3 is 0 Å². The van der Waals surface area contributed by atoms with Gasteiger partial charge in [0.15, 0.2) is 11.5 Å². The maximum atomic E-state index is 12.6. The topological polar surface area (TPSA) is 101 Å². The van der Waals surface area contributed by atoms with E-state index in [2.05, 4.69) is 14.6 Å². The number of carbonyl (C=O) groups excluding carboxylic acids is 1. The molecule has 1 aromatic heterocycles. The first-order valence-electron chi connectivity index (χ1n) is 8.38. The van der Waals surface area contributed by atoms with Crippen molar-refractivity contribution >= 4 is 27.9 Å². The first-order valence-corrected chi connectivity index (χ1v) is 9.86. The maximum absolute atomic E-state index is 12.6. The fourth-order valence-corrected chi connectivity index (χ4v) is 4.01. The summed E-state index contributed by atoms with van der Waals surface area (Å²) in [4.78, 5) is 19.0. The molecule has 0 unspecified atom stereocenters. The molecule has 0 bridgehead atoms. The van der Waals surface area contributed by atoms with Gasteiger partial charge in [-0.1, -0.05) is 0 Å². The summed E-state index contributed by atoms with van der Waals surface area (Å²) in [6.07, 6.45) is 2.32. The molecule has 4 rings (SSSR count). The Morgan fingerprint density at radius 2 is 1.81 bits per heavy atom. The first kappa shape index (κ1) is 17.4. The van der Waals surface area contributed by atoms with Crippen LogP contribution in [-0.4, -0.2) is 57.7 Å². The zero-order valence-electron chi connectivity index (χ0n) is 14.4. The number of carbonyl (C=O) groups is 1. The SMILES string of the molecule is O=CN1CCN(c2ccc(NS(=O)(=O)c3ccc4c(c3)OCO4)cn2)CC1. The fourth-order valence-electron chi connectivity index (χ4n) is 2.95. The van der Waals surface area contributed by atoms with E-state index in [1.54, 1.807) is 23.1 Å². The molecular weight excluding hydrogens is 372 g/mol. The van der Waals surface area contributed by atoms with Crippen molar-refractivity contribution in [1.82, 2.24) is 9.88 Å². The summed E-state index contributed by atoms with van der Waals surface area (Å²) < 4.78 is 38.1. The zero-order valence-corrected chi connectivity index (χ0v) is 15.2. The molecule has 2 aromatic rings. The highest BCUT2D eigenvalue weighted by atomic mass is 32.2. The van der Waals surface area contributed by atoms with Crippen LogP contribution in [0.5, 0.6) is 11.5 Å². The number of fused-ring (bicyclic) bond motifs is 1. The Balaban J connectivity index is 1.45. The van der Waals surface area contributed by atoms with E-state index in [1.165, 1.54) is 18.3 Å². The average molecular weight is 390 g/mol. The van der Waals surface area contributed by atoms with Crippen LogP contribution in [0, 0.1) is 0 Å². The molecule has 27 heavy (non-hydrogen) atoms. The highest BCUT2D eigenvalue weighted by Gasteiger charge is 2.21. The smallest absolute Gasteiger partial charge is 0.262 e. The van der Waals surface area contributed by atoms with Crippen LogP contribution >= 0.6 is 0 Å². The van der Waals surface area contributed by atoms with E-state index < -0.39 is 10.0 Å². The third-order valence-electron chi connectivity index (χ3n) is 4.44. The minimum absolute atomic E-state index is 0.0821. The van der Waals surface area contributed by atoms with Gasteiger partial charge in [-0.15, -0.1) is 0 Å². The number of sulfonamides is 1. The van der Waals surface area contributed by atoms with Gasteiger partial charge in [-0.2, -0.15) is 0 Å². The fraction of sp³-hybridized carbons (Fsp3) is 0.294. The summed E-state index contributed by atoms with van der Waals surface area (Å²) >= 11 is 0. The van der Waals surface area contributed by atoms with Crippen molar-refractivity contribution < 1.29 is 22.7 Å². The molecule has 0 spiro atoms. The highest BCUT2D eigenvalue weighted by Crippen LogP contribution is 2.34. The lowest BCUT2D eigenvalue weighted by atomic mass is 10.3. The van der Waals surface area contributed by atoms with Crippen LogP contribution in [0.3, 0.4) is 0 Å². The van der Waals surface area contributed by atoms with Gasteiger partial charge in [0.2, 0.25) is 13.2 Å². The number of nitrogens with one attached hydrogen (secondary N) is 1. The maximum Gasteiger partial charge on any atom is 0.262 e. The number of ether oxygens (including phenoxy) is 2. The van der Waals surface area contributed by atoms with Crippen LogP contribution in [-0.2, 0) is 14.8 Å².